The highest BCUT2D eigenvalue weighted by molar-refractivity contribution is 5.92. The smallest absolute Gasteiger partial charge is 0.344 e. The van der Waals surface area contributed by atoms with E-state index in [4.69, 9.17) is 0 Å². The average Bonchev–Trinajstić information content (AvgIpc) is 2.83. The summed E-state index contributed by atoms with van der Waals surface area (Å²) in [5, 5.41) is 6.80. The second-order valence-corrected chi connectivity index (χ2v) is 8.01. The van der Waals surface area contributed by atoms with Gasteiger partial charge in [-0.2, -0.15) is 9.78 Å². The normalized spacial score (nSPS) is 11.7. The lowest BCUT2D eigenvalue weighted by atomic mass is 10.1. The van der Waals surface area contributed by atoms with Gasteiger partial charge in [0.1, 0.15) is 5.82 Å². The summed E-state index contributed by atoms with van der Waals surface area (Å²) in [6, 6.07) is 21.4. The van der Waals surface area contributed by atoms with Crippen molar-refractivity contribution in [2.75, 3.05) is 0 Å². The van der Waals surface area contributed by atoms with Crippen LogP contribution >= 0.6 is 0 Å². The van der Waals surface area contributed by atoms with Crippen LogP contribution in [0.25, 0.3) is 5.69 Å². The molecule has 1 N–H and O–H groups in total. The summed E-state index contributed by atoms with van der Waals surface area (Å²) in [7, 11) is 0. The zero-order valence-corrected chi connectivity index (χ0v) is 18.7. The van der Waals surface area contributed by atoms with Crippen molar-refractivity contribution in [2.45, 2.75) is 26.4 Å². The summed E-state index contributed by atoms with van der Waals surface area (Å²) in [4.78, 5) is 39.5. The number of aryl methyl sites for hydroxylation is 1. The predicted octanol–water partition coefficient (Wildman–Crippen LogP) is 3.38. The molecule has 0 aliphatic carbocycles. The molecular formula is C26H23FN4O3. The minimum Gasteiger partial charge on any atom is -0.344 e. The quantitative estimate of drug-likeness (QED) is 0.480. The van der Waals surface area contributed by atoms with Gasteiger partial charge in [-0.15, -0.1) is 0 Å². The number of carbonyl (C=O) groups is 1. The van der Waals surface area contributed by atoms with Crippen molar-refractivity contribution in [1.82, 2.24) is 19.7 Å². The molecule has 0 fully saturated rings. The Labute approximate surface area is 195 Å². The van der Waals surface area contributed by atoms with Crippen LogP contribution in [0.2, 0.25) is 0 Å². The molecule has 4 aromatic rings. The molecule has 172 valence electrons. The third kappa shape index (κ3) is 4.85. The zero-order chi connectivity index (χ0) is 24.2. The van der Waals surface area contributed by atoms with Crippen LogP contribution in [-0.2, 0) is 6.54 Å². The molecule has 1 heterocycles. The first-order valence-electron chi connectivity index (χ1n) is 10.7. The number of rotatable bonds is 6. The van der Waals surface area contributed by atoms with E-state index in [0.717, 1.165) is 26.4 Å². The van der Waals surface area contributed by atoms with E-state index in [-0.39, 0.29) is 12.2 Å². The Balaban J connectivity index is 1.81. The van der Waals surface area contributed by atoms with Gasteiger partial charge < -0.3 is 5.32 Å². The van der Waals surface area contributed by atoms with Crippen LogP contribution in [0.1, 0.15) is 40.1 Å². The van der Waals surface area contributed by atoms with Gasteiger partial charge >= 0.3 is 5.69 Å². The molecule has 0 bridgehead atoms. The molecule has 0 unspecified atom stereocenters. The highest BCUT2D eigenvalue weighted by Gasteiger charge is 2.22. The lowest BCUT2D eigenvalue weighted by Crippen LogP contribution is -2.46. The van der Waals surface area contributed by atoms with Gasteiger partial charge in [-0.1, -0.05) is 66.2 Å². The second-order valence-electron chi connectivity index (χ2n) is 8.01. The number of nitrogens with zero attached hydrogens (tertiary/aromatic N) is 3. The van der Waals surface area contributed by atoms with Gasteiger partial charge in [0, 0.05) is 0 Å². The van der Waals surface area contributed by atoms with Gasteiger partial charge in [-0.05, 0) is 43.2 Å². The molecule has 1 aromatic heterocycles. The van der Waals surface area contributed by atoms with Gasteiger partial charge in [0.25, 0.3) is 11.5 Å². The van der Waals surface area contributed by atoms with Crippen molar-refractivity contribution in [3.05, 3.63) is 128 Å². The van der Waals surface area contributed by atoms with Gasteiger partial charge in [0.05, 0.1) is 18.3 Å². The predicted molar refractivity (Wildman–Crippen MR) is 127 cm³/mol. The van der Waals surface area contributed by atoms with E-state index in [0.29, 0.717) is 5.56 Å². The fraction of sp³-hybridized carbons (Fsp3) is 0.154. The Morgan fingerprint density at radius 1 is 1.00 bits per heavy atom. The average molecular weight is 458 g/mol. The maximum atomic E-state index is 13.9. The topological polar surface area (TPSA) is 86.0 Å². The van der Waals surface area contributed by atoms with E-state index in [2.05, 4.69) is 10.4 Å². The molecule has 8 heteroatoms. The summed E-state index contributed by atoms with van der Waals surface area (Å²) < 4.78 is 15.7. The molecule has 1 atom stereocenters. The Kier molecular flexibility index (Phi) is 6.49. The number of halogens is 1. The van der Waals surface area contributed by atoms with Crippen LogP contribution in [0.3, 0.4) is 0 Å². The molecule has 0 spiro atoms. The molecule has 7 nitrogen and oxygen atoms in total. The summed E-state index contributed by atoms with van der Waals surface area (Å²) in [6.45, 7) is 3.64. The van der Waals surface area contributed by atoms with E-state index in [1.807, 2.05) is 49.4 Å². The van der Waals surface area contributed by atoms with Crippen molar-refractivity contribution >= 4 is 5.91 Å². The highest BCUT2D eigenvalue weighted by atomic mass is 19.1. The number of benzene rings is 3. The highest BCUT2D eigenvalue weighted by Crippen LogP contribution is 2.12. The Hall–Kier alpha value is -4.33. The minimum atomic E-state index is -0.823. The molecular weight excluding hydrogens is 435 g/mol. The molecule has 0 saturated carbocycles. The van der Waals surface area contributed by atoms with Crippen molar-refractivity contribution in [1.29, 1.82) is 0 Å². The molecule has 0 radical (unpaired) electrons. The van der Waals surface area contributed by atoms with Crippen LogP contribution in [-0.4, -0.2) is 20.3 Å². The fourth-order valence-electron chi connectivity index (χ4n) is 3.54. The maximum Gasteiger partial charge on any atom is 0.352 e. The van der Waals surface area contributed by atoms with Gasteiger partial charge in [0.15, 0.2) is 0 Å². The van der Waals surface area contributed by atoms with Gasteiger partial charge in [-0.25, -0.2) is 9.18 Å². The monoisotopic (exact) mass is 458 g/mol. The largest absolute Gasteiger partial charge is 0.352 e. The molecule has 34 heavy (non-hydrogen) atoms. The molecule has 1 amide bonds. The number of hydrogen-bond acceptors (Lipinski definition) is 4. The number of hydrogen-bond donors (Lipinski definition) is 1. The van der Waals surface area contributed by atoms with Gasteiger partial charge in [-0.3, -0.25) is 14.2 Å². The molecule has 4 rings (SSSR count). The second kappa shape index (κ2) is 9.66. The first-order chi connectivity index (χ1) is 16.3. The summed E-state index contributed by atoms with van der Waals surface area (Å²) >= 11 is 0. The van der Waals surface area contributed by atoms with E-state index in [1.54, 1.807) is 19.1 Å². The standard InChI is InChI=1S/C26H23FN4O3/c1-17-11-13-19(14-12-17)16-30-25(33)23(24(32)28-18(2)20-7-4-3-5-8-20)29-31(26(30)34)22-10-6-9-21(27)15-22/h3-15,18H,16H2,1-2H3,(H,28,32)/t18-/m0/s1. The Morgan fingerprint density at radius 3 is 2.38 bits per heavy atom. The molecule has 0 aliphatic rings. The lowest BCUT2D eigenvalue weighted by Gasteiger charge is -2.16. The van der Waals surface area contributed by atoms with E-state index in [9.17, 15) is 18.8 Å². The van der Waals surface area contributed by atoms with Crippen molar-refractivity contribution in [3.63, 3.8) is 0 Å². The third-order valence-corrected chi connectivity index (χ3v) is 5.44. The van der Waals surface area contributed by atoms with E-state index in [1.165, 1.54) is 18.2 Å². The van der Waals surface area contributed by atoms with E-state index < -0.39 is 34.7 Å². The summed E-state index contributed by atoms with van der Waals surface area (Å²) in [5.74, 6) is -1.31. The summed E-state index contributed by atoms with van der Waals surface area (Å²) in [5.41, 5.74) is 0.615. The summed E-state index contributed by atoms with van der Waals surface area (Å²) in [6.07, 6.45) is 0. The first-order valence-corrected chi connectivity index (χ1v) is 10.7. The van der Waals surface area contributed by atoms with Crippen molar-refractivity contribution < 1.29 is 9.18 Å². The third-order valence-electron chi connectivity index (χ3n) is 5.44. The van der Waals surface area contributed by atoms with Crippen LogP contribution in [0, 0.1) is 12.7 Å². The lowest BCUT2D eigenvalue weighted by molar-refractivity contribution is 0.0930. The number of nitrogens with one attached hydrogen (secondary N) is 1. The van der Waals surface area contributed by atoms with Crippen molar-refractivity contribution in [2.24, 2.45) is 0 Å². The Bertz CT molecular complexity index is 1440. The zero-order valence-electron chi connectivity index (χ0n) is 18.7. The van der Waals surface area contributed by atoms with Crippen LogP contribution in [0.5, 0.6) is 0 Å². The van der Waals surface area contributed by atoms with Gasteiger partial charge in [0.2, 0.25) is 5.69 Å². The minimum absolute atomic E-state index is 0.0652. The Morgan fingerprint density at radius 2 is 1.71 bits per heavy atom. The van der Waals surface area contributed by atoms with Crippen LogP contribution in [0.15, 0.2) is 88.5 Å². The van der Waals surface area contributed by atoms with Crippen LogP contribution < -0.4 is 16.6 Å². The molecule has 3 aromatic carbocycles. The SMILES string of the molecule is Cc1ccc(Cn2c(=O)c(C(=O)N[C@@H](C)c3ccccc3)nn(-c3cccc(F)c3)c2=O)cc1. The van der Waals surface area contributed by atoms with E-state index >= 15 is 0 Å². The molecule has 0 saturated heterocycles. The van der Waals surface area contributed by atoms with Crippen molar-refractivity contribution in [3.8, 4) is 5.69 Å². The van der Waals surface area contributed by atoms with Crippen LogP contribution in [0.4, 0.5) is 4.39 Å². The fourth-order valence-corrected chi connectivity index (χ4v) is 3.54. The maximum absolute atomic E-state index is 13.9. The number of amides is 1. The molecule has 0 aliphatic heterocycles. The number of carbonyl (C=O) groups excluding carboxylic acids is 1. The first kappa shape index (κ1) is 22.8. The number of aromatic nitrogens is 3.